The van der Waals surface area contributed by atoms with Crippen LogP contribution in [0.5, 0.6) is 0 Å². The van der Waals surface area contributed by atoms with Crippen molar-refractivity contribution in [2.24, 2.45) is 5.41 Å². The summed E-state index contributed by atoms with van der Waals surface area (Å²) in [6.45, 7) is 7.10. The van der Waals surface area contributed by atoms with Crippen molar-refractivity contribution in [2.75, 3.05) is 25.5 Å². The van der Waals surface area contributed by atoms with E-state index in [-0.39, 0.29) is 17.1 Å². The molecule has 0 aromatic rings. The van der Waals surface area contributed by atoms with E-state index in [2.05, 4.69) is 10.0 Å². The molecule has 7 heteroatoms. The van der Waals surface area contributed by atoms with Crippen molar-refractivity contribution in [2.45, 2.75) is 33.2 Å². The molecule has 0 saturated carbocycles. The molecule has 0 bridgehead atoms. The van der Waals surface area contributed by atoms with E-state index in [9.17, 15) is 13.2 Å². The van der Waals surface area contributed by atoms with Gasteiger partial charge in [0, 0.05) is 12.0 Å². The maximum Gasteiger partial charge on any atom is 0.237 e. The second kappa shape index (κ2) is 5.99. The predicted molar refractivity (Wildman–Crippen MR) is 68.6 cm³/mol. The topological polar surface area (TPSA) is 84.5 Å². The molecule has 1 aliphatic heterocycles. The van der Waals surface area contributed by atoms with Gasteiger partial charge in [-0.15, -0.1) is 0 Å². The first-order valence-corrected chi connectivity index (χ1v) is 7.79. The fourth-order valence-corrected chi connectivity index (χ4v) is 2.96. The SMILES string of the molecule is CCCS(=O)(=O)NC(C)C(=O)NCC1(C)COC1. The molecule has 1 heterocycles. The van der Waals surface area contributed by atoms with E-state index in [0.717, 1.165) is 0 Å². The summed E-state index contributed by atoms with van der Waals surface area (Å²) >= 11 is 0. The summed E-state index contributed by atoms with van der Waals surface area (Å²) in [6.07, 6.45) is 0.527. The van der Waals surface area contributed by atoms with E-state index in [1.54, 1.807) is 13.8 Å². The van der Waals surface area contributed by atoms with Gasteiger partial charge in [-0.2, -0.15) is 0 Å². The third kappa shape index (κ3) is 4.55. The highest BCUT2D eigenvalue weighted by molar-refractivity contribution is 7.89. The molecule has 106 valence electrons. The van der Waals surface area contributed by atoms with Crippen molar-refractivity contribution in [3.05, 3.63) is 0 Å². The van der Waals surface area contributed by atoms with E-state index in [4.69, 9.17) is 4.74 Å². The second-order valence-electron chi connectivity index (χ2n) is 5.18. The molecule has 1 rings (SSSR count). The summed E-state index contributed by atoms with van der Waals surface area (Å²) in [5.41, 5.74) is -0.0162. The highest BCUT2D eigenvalue weighted by Gasteiger charge is 2.34. The molecule has 1 saturated heterocycles. The van der Waals surface area contributed by atoms with Crippen LogP contribution in [0.25, 0.3) is 0 Å². The van der Waals surface area contributed by atoms with Crippen molar-refractivity contribution in [1.82, 2.24) is 10.0 Å². The Balaban J connectivity index is 2.37. The summed E-state index contributed by atoms with van der Waals surface area (Å²) in [5.74, 6) is -0.265. The molecule has 0 aromatic carbocycles. The third-order valence-electron chi connectivity index (χ3n) is 2.81. The van der Waals surface area contributed by atoms with Crippen molar-refractivity contribution in [1.29, 1.82) is 0 Å². The fraction of sp³-hybridized carbons (Fsp3) is 0.909. The Morgan fingerprint density at radius 3 is 2.50 bits per heavy atom. The van der Waals surface area contributed by atoms with E-state index in [0.29, 0.717) is 26.2 Å². The predicted octanol–water partition coefficient (Wildman–Crippen LogP) is -0.143. The summed E-state index contributed by atoms with van der Waals surface area (Å²) in [7, 11) is -3.36. The summed E-state index contributed by atoms with van der Waals surface area (Å²) in [5, 5.41) is 2.74. The number of carbonyl (C=O) groups excluding carboxylic acids is 1. The van der Waals surface area contributed by atoms with Gasteiger partial charge >= 0.3 is 0 Å². The molecular weight excluding hydrogens is 256 g/mol. The molecule has 0 spiro atoms. The van der Waals surface area contributed by atoms with Crippen LogP contribution in [0.2, 0.25) is 0 Å². The average Bonchev–Trinajstić information content (AvgIpc) is 2.22. The molecule has 18 heavy (non-hydrogen) atoms. The lowest BCUT2D eigenvalue weighted by Crippen LogP contribution is -2.52. The van der Waals surface area contributed by atoms with Gasteiger partial charge in [-0.1, -0.05) is 13.8 Å². The number of ether oxygens (including phenoxy) is 1. The molecule has 0 aliphatic carbocycles. The number of hydrogen-bond donors (Lipinski definition) is 2. The Kier molecular flexibility index (Phi) is 5.12. The van der Waals surface area contributed by atoms with Crippen LogP contribution >= 0.6 is 0 Å². The van der Waals surface area contributed by atoms with Crippen molar-refractivity contribution in [3.63, 3.8) is 0 Å². The molecule has 6 nitrogen and oxygen atoms in total. The van der Waals surface area contributed by atoms with Gasteiger partial charge in [-0.3, -0.25) is 4.79 Å². The van der Waals surface area contributed by atoms with Gasteiger partial charge < -0.3 is 10.1 Å². The van der Waals surface area contributed by atoms with Gasteiger partial charge in [0.15, 0.2) is 0 Å². The number of amides is 1. The first kappa shape index (κ1) is 15.4. The summed E-state index contributed by atoms with van der Waals surface area (Å²) in [6, 6.07) is -0.744. The van der Waals surface area contributed by atoms with Crippen LogP contribution in [0.1, 0.15) is 27.2 Å². The molecule has 0 aromatic heterocycles. The zero-order valence-electron chi connectivity index (χ0n) is 11.2. The van der Waals surface area contributed by atoms with Crippen molar-refractivity contribution >= 4 is 15.9 Å². The number of nitrogens with one attached hydrogen (secondary N) is 2. The van der Waals surface area contributed by atoms with Crippen LogP contribution in [0.15, 0.2) is 0 Å². The molecule has 0 radical (unpaired) electrons. The standard InChI is InChI=1S/C11H22N2O4S/c1-4-5-18(15,16)13-9(2)10(14)12-6-11(3)7-17-8-11/h9,13H,4-8H2,1-3H3,(H,12,14). The molecule has 1 atom stereocenters. The summed E-state index contributed by atoms with van der Waals surface area (Å²) in [4.78, 5) is 11.7. The minimum Gasteiger partial charge on any atom is -0.380 e. The smallest absolute Gasteiger partial charge is 0.237 e. The Bertz CT molecular complexity index is 390. The molecule has 1 amide bonds. The van der Waals surface area contributed by atoms with Crippen LogP contribution < -0.4 is 10.0 Å². The highest BCUT2D eigenvalue weighted by Crippen LogP contribution is 2.24. The van der Waals surface area contributed by atoms with Crippen molar-refractivity contribution < 1.29 is 17.9 Å². The quantitative estimate of drug-likeness (QED) is 0.678. The second-order valence-corrected chi connectivity index (χ2v) is 7.05. The van der Waals surface area contributed by atoms with Crippen LogP contribution in [0.3, 0.4) is 0 Å². The number of carbonyl (C=O) groups is 1. The number of rotatable bonds is 7. The first-order chi connectivity index (χ1) is 8.28. The van der Waals surface area contributed by atoms with Crippen LogP contribution in [0, 0.1) is 5.41 Å². The number of sulfonamides is 1. The van der Waals surface area contributed by atoms with Crippen LogP contribution in [0.4, 0.5) is 0 Å². The Labute approximate surface area is 109 Å². The normalized spacial score (nSPS) is 19.9. The van der Waals surface area contributed by atoms with Gasteiger partial charge in [0.2, 0.25) is 15.9 Å². The molecule has 1 unspecified atom stereocenters. The third-order valence-corrected chi connectivity index (χ3v) is 4.47. The minimum absolute atomic E-state index is 0.0162. The zero-order valence-corrected chi connectivity index (χ0v) is 12.0. The molecule has 1 fully saturated rings. The van der Waals surface area contributed by atoms with Crippen molar-refractivity contribution in [3.8, 4) is 0 Å². The molecule has 1 aliphatic rings. The fourth-order valence-electron chi connectivity index (χ4n) is 1.66. The molecule has 2 N–H and O–H groups in total. The van der Waals surface area contributed by atoms with Gasteiger partial charge in [0.05, 0.1) is 25.0 Å². The largest absolute Gasteiger partial charge is 0.380 e. The van der Waals surface area contributed by atoms with Gasteiger partial charge in [-0.05, 0) is 13.3 Å². The lowest BCUT2D eigenvalue weighted by Gasteiger charge is -2.38. The van der Waals surface area contributed by atoms with Gasteiger partial charge in [0.1, 0.15) is 0 Å². The highest BCUT2D eigenvalue weighted by atomic mass is 32.2. The van der Waals surface area contributed by atoms with Gasteiger partial charge in [0.25, 0.3) is 0 Å². The van der Waals surface area contributed by atoms with Gasteiger partial charge in [-0.25, -0.2) is 13.1 Å². The van der Waals surface area contributed by atoms with Crippen LogP contribution in [-0.4, -0.2) is 45.9 Å². The first-order valence-electron chi connectivity index (χ1n) is 6.13. The Hall–Kier alpha value is -0.660. The Morgan fingerprint density at radius 1 is 1.44 bits per heavy atom. The van der Waals surface area contributed by atoms with E-state index >= 15 is 0 Å². The maximum absolute atomic E-state index is 11.7. The molecular formula is C11H22N2O4S. The lowest BCUT2D eigenvalue weighted by atomic mass is 9.89. The number of hydrogen-bond acceptors (Lipinski definition) is 4. The zero-order chi connectivity index (χ0) is 13.8. The van der Waals surface area contributed by atoms with E-state index in [1.807, 2.05) is 6.92 Å². The summed E-state index contributed by atoms with van der Waals surface area (Å²) < 4.78 is 30.4. The average molecular weight is 278 g/mol. The monoisotopic (exact) mass is 278 g/mol. The minimum atomic E-state index is -3.36. The van der Waals surface area contributed by atoms with E-state index in [1.165, 1.54) is 0 Å². The Morgan fingerprint density at radius 2 is 2.06 bits per heavy atom. The van der Waals surface area contributed by atoms with Crippen LogP contribution in [-0.2, 0) is 19.6 Å². The maximum atomic E-state index is 11.7. The van der Waals surface area contributed by atoms with E-state index < -0.39 is 16.1 Å². The lowest BCUT2D eigenvalue weighted by molar-refractivity contribution is -0.127.